The van der Waals surface area contributed by atoms with Crippen molar-refractivity contribution in [2.75, 3.05) is 19.8 Å². The van der Waals surface area contributed by atoms with Crippen LogP contribution in [0.2, 0.25) is 0 Å². The van der Waals surface area contributed by atoms with Crippen LogP contribution in [0, 0.1) is 0 Å². The summed E-state index contributed by atoms with van der Waals surface area (Å²) in [7, 11) is 0. The van der Waals surface area contributed by atoms with Crippen molar-refractivity contribution >= 4 is 5.97 Å². The highest BCUT2D eigenvalue weighted by atomic mass is 16.6. The molecule has 0 aromatic carbocycles. The van der Waals surface area contributed by atoms with Crippen molar-refractivity contribution in [3.05, 3.63) is 36.5 Å². The highest BCUT2D eigenvalue weighted by Gasteiger charge is 2.13. The van der Waals surface area contributed by atoms with E-state index in [0.29, 0.717) is 19.6 Å². The number of carbonyl (C=O) groups excluding carboxylic acids is 1. The molecule has 0 rings (SSSR count). The maximum atomic E-state index is 12.2. The molecular weight excluding hydrogens is 580 g/mol. The monoisotopic (exact) mass is 661 g/mol. The number of carbonyl (C=O) groups is 1. The first-order valence-electron chi connectivity index (χ1n) is 20.6. The lowest BCUT2D eigenvalue weighted by atomic mass is 10.0. The molecule has 0 heterocycles. The molecule has 0 aromatic rings. The summed E-state index contributed by atoms with van der Waals surface area (Å²) in [5, 5.41) is 9.59. The highest BCUT2D eigenvalue weighted by Crippen LogP contribution is 2.15. The number of esters is 1. The molecule has 1 N–H and O–H groups in total. The number of aliphatic hydroxyl groups excluding tert-OH is 1. The smallest absolute Gasteiger partial charge is 0.306 e. The van der Waals surface area contributed by atoms with Gasteiger partial charge < -0.3 is 14.6 Å². The quantitative estimate of drug-likeness (QED) is 0.0407. The molecule has 0 bridgehead atoms. The molecule has 4 heteroatoms. The van der Waals surface area contributed by atoms with E-state index >= 15 is 0 Å². The lowest BCUT2D eigenvalue weighted by molar-refractivity contribution is -0.154. The number of ether oxygens (including phenoxy) is 2. The molecule has 47 heavy (non-hydrogen) atoms. The molecule has 0 aliphatic heterocycles. The van der Waals surface area contributed by atoms with Crippen molar-refractivity contribution < 1.29 is 19.4 Å². The fourth-order valence-corrected chi connectivity index (χ4v) is 5.93. The van der Waals surface area contributed by atoms with E-state index in [-0.39, 0.29) is 12.6 Å². The van der Waals surface area contributed by atoms with Gasteiger partial charge in [0.05, 0.1) is 13.2 Å². The summed E-state index contributed by atoms with van der Waals surface area (Å²) in [4.78, 5) is 12.2. The third-order valence-electron chi connectivity index (χ3n) is 8.98. The van der Waals surface area contributed by atoms with Crippen molar-refractivity contribution in [3.8, 4) is 0 Å². The molecule has 276 valence electrons. The van der Waals surface area contributed by atoms with Gasteiger partial charge in [-0.15, -0.1) is 0 Å². The highest BCUT2D eigenvalue weighted by molar-refractivity contribution is 5.69. The summed E-state index contributed by atoms with van der Waals surface area (Å²) >= 11 is 0. The van der Waals surface area contributed by atoms with E-state index in [2.05, 4.69) is 50.3 Å². The zero-order chi connectivity index (χ0) is 34.1. The van der Waals surface area contributed by atoms with Crippen LogP contribution in [0.5, 0.6) is 0 Å². The minimum atomic E-state index is -0.535. The van der Waals surface area contributed by atoms with E-state index in [4.69, 9.17) is 9.47 Å². The second-order valence-corrected chi connectivity index (χ2v) is 13.7. The summed E-state index contributed by atoms with van der Waals surface area (Å²) in [6, 6.07) is 0. The largest absolute Gasteiger partial charge is 0.457 e. The lowest BCUT2D eigenvalue weighted by Crippen LogP contribution is -2.27. The third kappa shape index (κ3) is 38.9. The van der Waals surface area contributed by atoms with Crippen LogP contribution in [0.25, 0.3) is 0 Å². The first-order valence-corrected chi connectivity index (χ1v) is 20.6. The maximum Gasteiger partial charge on any atom is 0.306 e. The van der Waals surface area contributed by atoms with Gasteiger partial charge in [0.15, 0.2) is 0 Å². The average Bonchev–Trinajstić information content (AvgIpc) is 3.08. The Hall–Kier alpha value is -1.39. The van der Waals surface area contributed by atoms with Gasteiger partial charge >= 0.3 is 5.97 Å². The first-order chi connectivity index (χ1) is 23.2. The molecule has 0 aliphatic rings. The van der Waals surface area contributed by atoms with E-state index in [1.807, 2.05) is 0 Å². The first kappa shape index (κ1) is 45.6. The van der Waals surface area contributed by atoms with Crippen LogP contribution in [-0.2, 0) is 14.3 Å². The Labute approximate surface area is 293 Å². The SMILES string of the molecule is CC/C=C\C/C=C\C/C=C\CCCCCCCCCCOCC(CO)OC(=O)CCCCCCCCCCCCCCCCCCC. The number of aliphatic hydroxyl groups is 1. The van der Waals surface area contributed by atoms with Gasteiger partial charge in [0.2, 0.25) is 0 Å². The van der Waals surface area contributed by atoms with Crippen molar-refractivity contribution in [2.45, 2.75) is 213 Å². The minimum absolute atomic E-state index is 0.172. The number of hydrogen-bond acceptors (Lipinski definition) is 4. The molecule has 0 saturated heterocycles. The van der Waals surface area contributed by atoms with E-state index < -0.39 is 6.10 Å². The second-order valence-electron chi connectivity index (χ2n) is 13.7. The van der Waals surface area contributed by atoms with Gasteiger partial charge in [-0.3, -0.25) is 4.79 Å². The summed E-state index contributed by atoms with van der Waals surface area (Å²) in [6.07, 6.45) is 50.5. The third-order valence-corrected chi connectivity index (χ3v) is 8.98. The zero-order valence-electron chi connectivity index (χ0n) is 31.5. The van der Waals surface area contributed by atoms with Crippen molar-refractivity contribution in [3.63, 3.8) is 0 Å². The van der Waals surface area contributed by atoms with Crippen LogP contribution >= 0.6 is 0 Å². The number of allylic oxidation sites excluding steroid dienone is 6. The van der Waals surface area contributed by atoms with Gasteiger partial charge in [-0.2, -0.15) is 0 Å². The van der Waals surface area contributed by atoms with Crippen molar-refractivity contribution in [1.82, 2.24) is 0 Å². The van der Waals surface area contributed by atoms with Gasteiger partial charge in [0.25, 0.3) is 0 Å². The number of unbranched alkanes of at least 4 members (excludes halogenated alkanes) is 24. The van der Waals surface area contributed by atoms with Crippen LogP contribution in [-0.4, -0.2) is 37.0 Å². The molecule has 0 aliphatic carbocycles. The van der Waals surface area contributed by atoms with Gasteiger partial charge in [0, 0.05) is 13.0 Å². The van der Waals surface area contributed by atoms with Gasteiger partial charge in [-0.1, -0.05) is 192 Å². The topological polar surface area (TPSA) is 55.8 Å². The molecule has 0 spiro atoms. The molecule has 4 nitrogen and oxygen atoms in total. The molecule has 0 amide bonds. The summed E-state index contributed by atoms with van der Waals surface area (Å²) < 4.78 is 11.2. The Kier molecular flexibility index (Phi) is 39.6. The van der Waals surface area contributed by atoms with E-state index in [9.17, 15) is 9.90 Å². The van der Waals surface area contributed by atoms with Crippen LogP contribution in [0.3, 0.4) is 0 Å². The fraction of sp³-hybridized carbons (Fsp3) is 0.837. The van der Waals surface area contributed by atoms with Crippen LogP contribution in [0.1, 0.15) is 206 Å². The Morgan fingerprint density at radius 1 is 0.532 bits per heavy atom. The molecular formula is C43H80O4. The summed E-state index contributed by atoms with van der Waals surface area (Å²) in [5.74, 6) is -0.201. The van der Waals surface area contributed by atoms with Crippen LogP contribution in [0.4, 0.5) is 0 Å². The normalized spacial score (nSPS) is 12.7. The molecule has 0 radical (unpaired) electrons. The fourth-order valence-electron chi connectivity index (χ4n) is 5.93. The average molecular weight is 661 g/mol. The Balaban J connectivity index is 3.42. The standard InChI is InChI=1S/C43H80O4/c1-3-5-7-9-11-13-15-17-19-21-23-25-27-29-31-33-35-37-39-46-41-42(40-44)47-43(45)38-36-34-32-30-28-26-24-22-20-18-16-14-12-10-8-6-4-2/h5,7,11,13,17,19,42,44H,3-4,6,8-10,12,14-16,18,20-41H2,1-2H3/b7-5-,13-11-,19-17-. The van der Waals surface area contributed by atoms with Crippen molar-refractivity contribution in [2.24, 2.45) is 0 Å². The van der Waals surface area contributed by atoms with E-state index in [0.717, 1.165) is 38.5 Å². The lowest BCUT2D eigenvalue weighted by Gasteiger charge is -2.16. The number of hydrogen-bond donors (Lipinski definition) is 1. The molecule has 0 fully saturated rings. The Bertz CT molecular complexity index is 698. The van der Waals surface area contributed by atoms with Crippen molar-refractivity contribution in [1.29, 1.82) is 0 Å². The van der Waals surface area contributed by atoms with Gasteiger partial charge in [0.1, 0.15) is 6.10 Å². The van der Waals surface area contributed by atoms with Crippen LogP contribution < -0.4 is 0 Å². The molecule has 1 unspecified atom stereocenters. The van der Waals surface area contributed by atoms with E-state index in [1.54, 1.807) is 0 Å². The zero-order valence-corrected chi connectivity index (χ0v) is 31.5. The predicted octanol–water partition coefficient (Wildman–Crippen LogP) is 13.3. The summed E-state index contributed by atoms with van der Waals surface area (Å²) in [6.45, 7) is 5.24. The van der Waals surface area contributed by atoms with E-state index in [1.165, 1.54) is 148 Å². The van der Waals surface area contributed by atoms with Gasteiger partial charge in [-0.05, 0) is 44.9 Å². The Morgan fingerprint density at radius 3 is 1.45 bits per heavy atom. The predicted molar refractivity (Wildman–Crippen MR) is 205 cm³/mol. The Morgan fingerprint density at radius 2 is 0.957 bits per heavy atom. The second kappa shape index (κ2) is 40.8. The molecule has 1 atom stereocenters. The minimum Gasteiger partial charge on any atom is -0.457 e. The summed E-state index contributed by atoms with van der Waals surface area (Å²) in [5.41, 5.74) is 0. The molecule has 0 saturated carbocycles. The maximum absolute atomic E-state index is 12.2. The molecule has 0 aromatic heterocycles. The van der Waals surface area contributed by atoms with Crippen LogP contribution in [0.15, 0.2) is 36.5 Å². The van der Waals surface area contributed by atoms with Gasteiger partial charge in [-0.25, -0.2) is 0 Å². The number of rotatable bonds is 38.